The van der Waals surface area contributed by atoms with Crippen molar-refractivity contribution in [3.8, 4) is 23.0 Å². The van der Waals surface area contributed by atoms with Gasteiger partial charge >= 0.3 is 294 Å². The molecular formula is C88H148Co2O46Ti12. The average Bonchev–Trinajstić information content (AvgIpc) is 1.00. The molecule has 0 amide bonds. The molecule has 0 bridgehead atoms. The number of carbonyl (C=O) groups is 4. The number of carbonyl (C=O) groups excluding carboxylic acids is 4. The van der Waals surface area contributed by atoms with Gasteiger partial charge in [-0.3, -0.25) is 0 Å². The van der Waals surface area contributed by atoms with Crippen molar-refractivity contribution < 1.29 is 532 Å². The van der Waals surface area contributed by atoms with E-state index in [9.17, 15) is 60.0 Å². The predicted molar refractivity (Wildman–Crippen MR) is 434 cm³/mol. The van der Waals surface area contributed by atoms with Crippen LogP contribution in [0.3, 0.4) is 0 Å². The van der Waals surface area contributed by atoms with Crippen LogP contribution < -0.4 is 163 Å². The van der Waals surface area contributed by atoms with Crippen LogP contribution in [0.15, 0.2) is 170 Å². The zero-order valence-corrected chi connectivity index (χ0v) is 109. The molecule has 0 heterocycles. The van der Waals surface area contributed by atoms with Gasteiger partial charge in [-0.25, -0.2) is 0 Å². The number of rotatable bonds is 4. The maximum absolute atomic E-state index is 10.3. The third-order valence-corrected chi connectivity index (χ3v) is 5.74. The standard InChI is InChI=1S/4C7H6O2.2C6H6O2.24C2H5O.2Co.10O.12Ti/c4*8-7(9)6-4-2-1-3-5-6;2*7-5-3-1-2-4-6(5)8;24*1-2-3;;;;;;;;;;;;;;;;;;;;;;;;/h4*1-5H,(H,8,9);2*1-4,7-8H;24*2H2,1H3;;;;;;;;;;;;;;;;;;;;;;;;/q;;;;;;24*-1;2*+3;10*-2;2*+3;10*+4/p-8. The molecule has 2 radical (unpaired) electrons. The van der Waals surface area contributed by atoms with Crippen LogP contribution in [0.25, 0.3) is 0 Å². The van der Waals surface area contributed by atoms with Gasteiger partial charge in [-0.05, 0) is 22.3 Å². The van der Waals surface area contributed by atoms with Crippen LogP contribution in [0, 0.1) is 0 Å². The van der Waals surface area contributed by atoms with Gasteiger partial charge in [0.2, 0.25) is 0 Å². The summed E-state index contributed by atoms with van der Waals surface area (Å²) < 4.78 is 0. The molecule has 6 rings (SSSR count). The van der Waals surface area contributed by atoms with Gasteiger partial charge in [-0.1, -0.05) is 336 Å². The smallest absolute Gasteiger partial charge is 2.00 e. The van der Waals surface area contributed by atoms with Gasteiger partial charge in [-0.15, -0.1) is 182 Å². The predicted octanol–water partition coefficient (Wildman–Crippen LogP) is -16.6. The Morgan fingerprint density at radius 1 is 0.149 bits per heavy atom. The third kappa shape index (κ3) is 623. The molecule has 46 nitrogen and oxygen atoms in total. The molecule has 60 heteroatoms. The summed E-state index contributed by atoms with van der Waals surface area (Å²) in [7, 11) is 0. The fourth-order valence-electron chi connectivity index (χ4n) is 3.20. The van der Waals surface area contributed by atoms with Crippen molar-refractivity contribution in [3.05, 3.63) is 192 Å². The van der Waals surface area contributed by atoms with E-state index in [1.165, 1.54) is 72.8 Å². The van der Waals surface area contributed by atoms with Gasteiger partial charge in [0.05, 0.1) is 23.9 Å². The van der Waals surface area contributed by atoms with Gasteiger partial charge in [-0.2, -0.15) is 0 Å². The Labute approximate surface area is 1080 Å². The van der Waals surface area contributed by atoms with Crippen LogP contribution in [0.1, 0.15) is 208 Å². The molecule has 6 aromatic carbocycles. The maximum atomic E-state index is 10.3. The quantitative estimate of drug-likeness (QED) is 0.148. The Balaban J connectivity index is -0.0000000153. The van der Waals surface area contributed by atoms with Crippen molar-refractivity contribution in [2.24, 2.45) is 0 Å². The summed E-state index contributed by atoms with van der Waals surface area (Å²) in [6.07, 6.45) is 0. The van der Waals surface area contributed by atoms with Crippen molar-refractivity contribution in [1.82, 2.24) is 0 Å². The SMILES string of the molecule is CC[O-].CC[O-].CC[O-].CC[O-].CC[O-].CC[O-].CC[O-].CC[O-].CC[O-].CC[O-].CC[O-].CC[O-].CC[O-].CC[O-].CC[O-].CC[O-].CC[O-].CC[O-].CC[O-].CC[O-].CC[O-].CC[O-].CC[O-].CC[O-].O=C([O-])c1ccccc1.O=C([O-])c1ccccc1.O=C([O-])c1ccccc1.O=C([O-])c1ccccc1.[Co+3].[Co+3].[O-2].[O-2].[O-2].[O-2].[O-2].[O-2].[O-2].[O-2].[O-2].[O-2].[O-]c1ccccc1[O-].[O-]c1ccccc1[O-].[Ti+3].[Ti+3].[Ti+4].[Ti+4].[Ti+4].[Ti+4].[Ti+4].[Ti+4].[Ti+4].[Ti+4].[Ti+4].[Ti+4]. The Kier molecular flexibility index (Phi) is 873. The summed E-state index contributed by atoms with van der Waals surface area (Å²) in [5.41, 5.74) is 0.880. The number of hydrogen-bond acceptors (Lipinski definition) is 36. The van der Waals surface area contributed by atoms with Crippen molar-refractivity contribution in [2.45, 2.75) is 166 Å². The van der Waals surface area contributed by atoms with Crippen LogP contribution >= 0.6 is 0 Å². The number of benzene rings is 6. The van der Waals surface area contributed by atoms with Crippen LogP contribution in [0.4, 0.5) is 0 Å². The molecule has 0 spiro atoms. The minimum Gasteiger partial charge on any atom is -2.00 e. The first-order chi connectivity index (χ1) is 58.8. The van der Waals surface area contributed by atoms with E-state index in [1.807, 2.05) is 0 Å². The van der Waals surface area contributed by atoms with E-state index in [4.69, 9.17) is 123 Å². The second-order valence-electron chi connectivity index (χ2n) is 16.4. The van der Waals surface area contributed by atoms with Gasteiger partial charge in [0, 0.05) is 0 Å². The van der Waals surface area contributed by atoms with E-state index < -0.39 is 46.9 Å². The van der Waals surface area contributed by atoms with E-state index in [2.05, 4.69) is 0 Å². The minimum absolute atomic E-state index is 0. The Morgan fingerprint density at radius 3 is 0.230 bits per heavy atom. The number of carboxylic acids is 4. The van der Waals surface area contributed by atoms with Crippen LogP contribution in [0.5, 0.6) is 23.0 Å². The molecule has 0 aliphatic heterocycles. The van der Waals surface area contributed by atoms with E-state index in [0.717, 1.165) is 0 Å². The minimum atomic E-state index is -1.13. The molecule has 842 valence electrons. The second kappa shape index (κ2) is 404. The number of hydrogen-bond donors (Lipinski definition) is 0. The number of aromatic carboxylic acids is 4. The molecule has 0 unspecified atom stereocenters. The fourth-order valence-corrected chi connectivity index (χ4v) is 3.20. The van der Waals surface area contributed by atoms with E-state index in [1.54, 1.807) is 263 Å². The molecule has 0 atom stereocenters. The van der Waals surface area contributed by atoms with E-state index >= 15 is 0 Å². The third-order valence-electron chi connectivity index (χ3n) is 5.74. The van der Waals surface area contributed by atoms with Gasteiger partial charge in [0.1, 0.15) is 0 Å². The Morgan fingerprint density at radius 2 is 0.196 bits per heavy atom. The zero-order chi connectivity index (χ0) is 104. The fraction of sp³-hybridized carbons (Fsp3) is 0.545. The number of carboxylic acid groups (broad SMARTS) is 4. The molecule has 0 aliphatic rings. The molecule has 0 aliphatic carbocycles. The first kappa shape index (κ1) is 320. The summed E-state index contributed by atoms with van der Waals surface area (Å²) in [6.45, 7) is 37.7. The van der Waals surface area contributed by atoms with Crippen molar-refractivity contribution in [2.75, 3.05) is 159 Å². The monoisotopic (exact) mass is 2630 g/mol. The van der Waals surface area contributed by atoms with Gasteiger partial charge in [0.15, 0.2) is 0 Å². The summed E-state index contributed by atoms with van der Waals surface area (Å²) in [4.78, 5) is 40.4. The van der Waals surface area contributed by atoms with Crippen molar-refractivity contribution in [3.63, 3.8) is 0 Å². The summed E-state index contributed by atoms with van der Waals surface area (Å²) in [6, 6.07) is 43.4. The first-order valence-corrected chi connectivity index (χ1v) is 38.6. The molecule has 148 heavy (non-hydrogen) atoms. The molecule has 0 saturated heterocycles. The summed E-state index contributed by atoms with van der Waals surface area (Å²) in [5, 5.41) is 296. The van der Waals surface area contributed by atoms with Crippen LogP contribution in [0.2, 0.25) is 0 Å². The molecule has 0 N–H and O–H groups in total. The summed E-state index contributed by atoms with van der Waals surface area (Å²) >= 11 is 0. The largest absolute Gasteiger partial charge is 4.00 e. The Bertz CT molecular complexity index is 2100. The molecular weight excluding hydrogens is 2490 g/mol. The molecule has 0 fully saturated rings. The van der Waals surface area contributed by atoms with E-state index in [0.29, 0.717) is 0 Å². The van der Waals surface area contributed by atoms with Crippen LogP contribution in [-0.2, 0) is 349 Å². The normalized spacial score (nSPS) is 6.05. The zero-order valence-electron chi connectivity index (χ0n) is 88.6. The topological polar surface area (TPSA) is 1090 Å². The van der Waals surface area contributed by atoms with Gasteiger partial charge < -0.3 is 237 Å². The number of para-hydroxylation sites is 4. The van der Waals surface area contributed by atoms with E-state index in [-0.39, 0.29) is 530 Å². The average molecular weight is 2630 g/mol. The molecule has 0 saturated carbocycles. The second-order valence-corrected chi connectivity index (χ2v) is 16.4. The maximum Gasteiger partial charge on any atom is 4.00 e. The molecule has 6 aromatic rings. The van der Waals surface area contributed by atoms with Crippen molar-refractivity contribution >= 4 is 23.9 Å². The summed E-state index contributed by atoms with van der Waals surface area (Å²) in [5.74, 6) is -6.27. The first-order valence-electron chi connectivity index (χ1n) is 38.6. The van der Waals surface area contributed by atoms with Crippen LogP contribution in [-0.4, -0.2) is 182 Å². The van der Waals surface area contributed by atoms with Gasteiger partial charge in [0.25, 0.3) is 0 Å². The molecule has 0 aromatic heterocycles. The Hall–Kier alpha value is 0.624. The van der Waals surface area contributed by atoms with Crippen molar-refractivity contribution in [1.29, 1.82) is 0 Å².